The van der Waals surface area contributed by atoms with E-state index in [0.717, 1.165) is 0 Å². The summed E-state index contributed by atoms with van der Waals surface area (Å²) in [6, 6.07) is 17.8. The second-order valence-electron chi connectivity index (χ2n) is 6.61. The van der Waals surface area contributed by atoms with Crippen LogP contribution in [0.3, 0.4) is 0 Å². The van der Waals surface area contributed by atoms with Gasteiger partial charge in [-0.25, -0.2) is 19.0 Å². The molecule has 160 valence electrons. The maximum absolute atomic E-state index is 14.0. The lowest BCUT2D eigenvalue weighted by Gasteiger charge is -2.12. The van der Waals surface area contributed by atoms with Crippen molar-refractivity contribution in [1.82, 2.24) is 0 Å². The molecule has 0 bridgehead atoms. The van der Waals surface area contributed by atoms with Gasteiger partial charge in [0.1, 0.15) is 5.82 Å². The van der Waals surface area contributed by atoms with E-state index in [1.165, 1.54) is 31.4 Å². The van der Waals surface area contributed by atoms with Crippen LogP contribution in [0.2, 0.25) is 0 Å². The fourth-order valence-corrected chi connectivity index (χ4v) is 3.70. The number of halogens is 2. The third-order valence-corrected chi connectivity index (χ3v) is 5.29. The minimum Gasteiger partial charge on any atom is -0.493 e. The highest BCUT2D eigenvalue weighted by Crippen LogP contribution is 2.35. The van der Waals surface area contributed by atoms with E-state index in [2.05, 4.69) is 4.99 Å². The van der Waals surface area contributed by atoms with Gasteiger partial charge in [0.2, 0.25) is 5.90 Å². The van der Waals surface area contributed by atoms with Crippen LogP contribution < -0.4 is 9.47 Å². The molecule has 8 heteroatoms. The van der Waals surface area contributed by atoms with Crippen LogP contribution in [-0.2, 0) is 9.53 Å². The summed E-state index contributed by atoms with van der Waals surface area (Å²) in [5.74, 6) is -1.30. The molecular formula is C24H15FINO5. The van der Waals surface area contributed by atoms with Gasteiger partial charge in [0.25, 0.3) is 0 Å². The summed E-state index contributed by atoms with van der Waals surface area (Å²) in [6.45, 7) is 0. The summed E-state index contributed by atoms with van der Waals surface area (Å²) >= 11 is 2.01. The first-order valence-corrected chi connectivity index (χ1v) is 10.5. The molecule has 0 amide bonds. The molecule has 1 heterocycles. The van der Waals surface area contributed by atoms with Crippen LogP contribution in [0, 0.1) is 9.39 Å². The average molecular weight is 543 g/mol. The van der Waals surface area contributed by atoms with Crippen LogP contribution >= 0.6 is 22.6 Å². The molecule has 1 aliphatic heterocycles. The predicted molar refractivity (Wildman–Crippen MR) is 124 cm³/mol. The highest BCUT2D eigenvalue weighted by atomic mass is 127. The molecule has 1 aliphatic rings. The summed E-state index contributed by atoms with van der Waals surface area (Å²) in [7, 11) is 1.44. The van der Waals surface area contributed by atoms with Crippen LogP contribution in [0.15, 0.2) is 77.4 Å². The quantitative estimate of drug-likeness (QED) is 0.196. The van der Waals surface area contributed by atoms with Crippen LogP contribution in [0.1, 0.15) is 21.5 Å². The van der Waals surface area contributed by atoms with Crippen molar-refractivity contribution in [2.45, 2.75) is 0 Å². The molecule has 0 fully saturated rings. The molecular weight excluding hydrogens is 528 g/mol. The number of carbonyl (C=O) groups excluding carboxylic acids is 2. The van der Waals surface area contributed by atoms with Crippen molar-refractivity contribution < 1.29 is 28.2 Å². The van der Waals surface area contributed by atoms with Crippen molar-refractivity contribution in [1.29, 1.82) is 0 Å². The van der Waals surface area contributed by atoms with E-state index in [0.29, 0.717) is 20.4 Å². The molecule has 0 saturated heterocycles. The van der Waals surface area contributed by atoms with Crippen LogP contribution in [0.4, 0.5) is 4.39 Å². The summed E-state index contributed by atoms with van der Waals surface area (Å²) < 4.78 is 30.6. The van der Waals surface area contributed by atoms with Crippen molar-refractivity contribution >= 4 is 46.5 Å². The molecule has 0 atom stereocenters. The zero-order valence-electron chi connectivity index (χ0n) is 16.7. The Labute approximate surface area is 196 Å². The van der Waals surface area contributed by atoms with Gasteiger partial charge in [-0.2, -0.15) is 0 Å². The van der Waals surface area contributed by atoms with Gasteiger partial charge in [0.05, 0.1) is 21.8 Å². The van der Waals surface area contributed by atoms with E-state index in [1.807, 2.05) is 22.6 Å². The van der Waals surface area contributed by atoms with Crippen molar-refractivity contribution in [3.63, 3.8) is 0 Å². The minimum atomic E-state index is -0.697. The summed E-state index contributed by atoms with van der Waals surface area (Å²) in [6.07, 6.45) is 1.49. The van der Waals surface area contributed by atoms with E-state index in [-0.39, 0.29) is 22.9 Å². The number of rotatable bonds is 5. The lowest BCUT2D eigenvalue weighted by molar-refractivity contribution is -0.129. The maximum Gasteiger partial charge on any atom is 0.363 e. The first-order chi connectivity index (χ1) is 15.5. The number of methoxy groups -OCH3 is 1. The molecule has 0 aliphatic carbocycles. The van der Waals surface area contributed by atoms with Gasteiger partial charge in [-0.3, -0.25) is 0 Å². The van der Waals surface area contributed by atoms with Crippen molar-refractivity contribution in [2.24, 2.45) is 4.99 Å². The topological polar surface area (TPSA) is 74.2 Å². The van der Waals surface area contributed by atoms with Crippen LogP contribution in [0.5, 0.6) is 11.5 Å². The Morgan fingerprint density at radius 1 is 1.09 bits per heavy atom. The molecule has 0 saturated carbocycles. The molecule has 4 rings (SSSR count). The van der Waals surface area contributed by atoms with Gasteiger partial charge < -0.3 is 14.2 Å². The molecule has 0 radical (unpaired) electrons. The van der Waals surface area contributed by atoms with E-state index in [9.17, 15) is 14.0 Å². The van der Waals surface area contributed by atoms with Crippen LogP contribution in [0.25, 0.3) is 6.08 Å². The first-order valence-electron chi connectivity index (χ1n) is 9.38. The lowest BCUT2D eigenvalue weighted by Crippen LogP contribution is -2.10. The van der Waals surface area contributed by atoms with Crippen molar-refractivity contribution in [2.75, 3.05) is 7.11 Å². The highest BCUT2D eigenvalue weighted by molar-refractivity contribution is 14.1. The monoisotopic (exact) mass is 543 g/mol. The summed E-state index contributed by atoms with van der Waals surface area (Å²) in [4.78, 5) is 28.8. The summed E-state index contributed by atoms with van der Waals surface area (Å²) in [5, 5.41) is 0. The van der Waals surface area contributed by atoms with E-state index >= 15 is 0 Å². The third kappa shape index (κ3) is 4.54. The number of cyclic esters (lactones) is 1. The minimum absolute atomic E-state index is 0.00939. The molecule has 32 heavy (non-hydrogen) atoms. The maximum atomic E-state index is 14.0. The number of esters is 2. The van der Waals surface area contributed by atoms with Crippen molar-refractivity contribution in [3.8, 4) is 11.5 Å². The molecule has 6 nitrogen and oxygen atoms in total. The number of nitrogens with zero attached hydrogens (tertiary/aromatic N) is 1. The third-order valence-electron chi connectivity index (χ3n) is 4.48. The second kappa shape index (κ2) is 9.31. The number of carbonyl (C=O) groups is 2. The number of hydrogen-bond acceptors (Lipinski definition) is 6. The number of hydrogen-bond donors (Lipinski definition) is 0. The standard InChI is InChI=1S/C24H15FINO5/c1-30-20-13-14(11-18(26)21(20)31-23(28)15-7-3-2-4-8-15)12-19-24(29)32-22(27-19)16-9-5-6-10-17(16)25/h2-13H,1H3/b19-12-. The van der Waals surface area contributed by atoms with Gasteiger partial charge in [0.15, 0.2) is 17.2 Å². The Hall–Kier alpha value is -3.53. The Bertz CT molecular complexity index is 1270. The normalized spacial score (nSPS) is 14.2. The Kier molecular flexibility index (Phi) is 6.31. The fraction of sp³-hybridized carbons (Fsp3) is 0.0417. The zero-order valence-corrected chi connectivity index (χ0v) is 18.8. The van der Waals surface area contributed by atoms with E-state index in [1.54, 1.807) is 48.5 Å². The number of benzene rings is 3. The van der Waals surface area contributed by atoms with Gasteiger partial charge >= 0.3 is 11.9 Å². The number of ether oxygens (including phenoxy) is 3. The summed E-state index contributed by atoms with van der Waals surface area (Å²) in [5.41, 5.74) is 1.08. The predicted octanol–water partition coefficient (Wildman–Crippen LogP) is 5.00. The Morgan fingerprint density at radius 2 is 1.81 bits per heavy atom. The molecule has 3 aromatic carbocycles. The highest BCUT2D eigenvalue weighted by Gasteiger charge is 2.26. The van der Waals surface area contributed by atoms with Crippen LogP contribution in [-0.4, -0.2) is 24.9 Å². The number of aliphatic imine (C=N–C) groups is 1. The Morgan fingerprint density at radius 3 is 2.53 bits per heavy atom. The van der Waals surface area contributed by atoms with Gasteiger partial charge in [-0.15, -0.1) is 0 Å². The largest absolute Gasteiger partial charge is 0.493 e. The zero-order chi connectivity index (χ0) is 22.7. The van der Waals surface area contributed by atoms with Crippen molar-refractivity contribution in [3.05, 3.63) is 98.5 Å². The van der Waals surface area contributed by atoms with Gasteiger partial charge in [-0.1, -0.05) is 30.3 Å². The smallest absolute Gasteiger partial charge is 0.363 e. The van der Waals surface area contributed by atoms with Gasteiger partial charge in [-0.05, 0) is 70.6 Å². The van der Waals surface area contributed by atoms with Gasteiger partial charge in [0, 0.05) is 0 Å². The molecule has 0 aromatic heterocycles. The SMILES string of the molecule is COc1cc(/C=C2\N=C(c3ccccc3F)OC2=O)cc(I)c1OC(=O)c1ccccc1. The molecule has 0 unspecified atom stereocenters. The fourth-order valence-electron chi connectivity index (χ4n) is 2.96. The van der Waals surface area contributed by atoms with E-state index in [4.69, 9.17) is 14.2 Å². The average Bonchev–Trinajstić information content (AvgIpc) is 3.15. The molecule has 0 N–H and O–H groups in total. The first kappa shape index (κ1) is 21.7. The molecule has 3 aromatic rings. The second-order valence-corrected chi connectivity index (χ2v) is 7.77. The Balaban J connectivity index is 1.64. The lowest BCUT2D eigenvalue weighted by atomic mass is 10.1. The molecule has 0 spiro atoms. The van der Waals surface area contributed by atoms with E-state index < -0.39 is 17.8 Å².